The lowest BCUT2D eigenvalue weighted by Crippen LogP contribution is -2.21. The second-order valence-corrected chi connectivity index (χ2v) is 2.68. The molecule has 1 aromatic rings. The van der Waals surface area contributed by atoms with Crippen molar-refractivity contribution in [2.45, 2.75) is 13.5 Å². The molecule has 0 radical (unpaired) electrons. The molecule has 3 heteroatoms. The number of hydrogen-bond acceptors (Lipinski definition) is 2. The zero-order valence-corrected chi connectivity index (χ0v) is 7.60. The average molecular weight is 179 g/mol. The third kappa shape index (κ3) is 2.06. The molecule has 0 fully saturated rings. The number of anilines is 1. The molecular weight excluding hydrogens is 166 g/mol. The number of aliphatic hydroxyl groups excluding tert-OH is 1. The minimum absolute atomic E-state index is 0.0412. The molecule has 1 amide bonds. The monoisotopic (exact) mass is 179 g/mol. The van der Waals surface area contributed by atoms with E-state index in [1.807, 2.05) is 31.2 Å². The highest BCUT2D eigenvalue weighted by Crippen LogP contribution is 2.18. The SMILES string of the molecule is CCN(C=O)c1ccccc1CO. The lowest BCUT2D eigenvalue weighted by molar-refractivity contribution is -0.107. The molecule has 0 saturated carbocycles. The molecule has 70 valence electrons. The maximum absolute atomic E-state index is 10.6. The molecule has 0 aromatic heterocycles. The Morgan fingerprint density at radius 3 is 2.69 bits per heavy atom. The largest absolute Gasteiger partial charge is 0.392 e. The van der Waals surface area contributed by atoms with Crippen molar-refractivity contribution in [1.29, 1.82) is 0 Å². The Hall–Kier alpha value is -1.35. The first-order valence-electron chi connectivity index (χ1n) is 4.24. The number of aliphatic hydroxyl groups is 1. The van der Waals surface area contributed by atoms with Crippen molar-refractivity contribution in [1.82, 2.24) is 0 Å². The van der Waals surface area contributed by atoms with E-state index in [4.69, 9.17) is 5.11 Å². The van der Waals surface area contributed by atoms with Gasteiger partial charge < -0.3 is 10.0 Å². The summed E-state index contributed by atoms with van der Waals surface area (Å²) in [6.07, 6.45) is 0.772. The summed E-state index contributed by atoms with van der Waals surface area (Å²) in [5, 5.41) is 9.02. The Balaban J connectivity index is 3.03. The maximum Gasteiger partial charge on any atom is 0.214 e. The second-order valence-electron chi connectivity index (χ2n) is 2.68. The highest BCUT2D eigenvalue weighted by atomic mass is 16.3. The lowest BCUT2D eigenvalue weighted by Gasteiger charge is -2.17. The van der Waals surface area contributed by atoms with Gasteiger partial charge in [-0.25, -0.2) is 0 Å². The molecule has 0 saturated heterocycles. The summed E-state index contributed by atoms with van der Waals surface area (Å²) < 4.78 is 0. The molecule has 0 aliphatic rings. The van der Waals surface area contributed by atoms with Crippen LogP contribution in [0.3, 0.4) is 0 Å². The second kappa shape index (κ2) is 4.62. The Morgan fingerprint density at radius 2 is 2.15 bits per heavy atom. The molecule has 0 aliphatic heterocycles. The Labute approximate surface area is 77.6 Å². The molecule has 0 atom stereocenters. The van der Waals surface area contributed by atoms with E-state index in [0.717, 1.165) is 17.7 Å². The standard InChI is InChI=1S/C10H13NO2/c1-2-11(8-13)10-6-4-3-5-9(10)7-12/h3-6,8,12H,2,7H2,1H3. The van der Waals surface area contributed by atoms with Crippen LogP contribution in [0.5, 0.6) is 0 Å². The van der Waals surface area contributed by atoms with Crippen molar-refractivity contribution in [2.75, 3.05) is 11.4 Å². The van der Waals surface area contributed by atoms with E-state index >= 15 is 0 Å². The number of hydrogen-bond donors (Lipinski definition) is 1. The summed E-state index contributed by atoms with van der Waals surface area (Å²) in [5.74, 6) is 0. The summed E-state index contributed by atoms with van der Waals surface area (Å²) in [6, 6.07) is 7.32. The summed E-state index contributed by atoms with van der Waals surface area (Å²) in [6.45, 7) is 2.46. The van der Waals surface area contributed by atoms with E-state index in [1.54, 1.807) is 4.90 Å². The molecule has 1 rings (SSSR count). The van der Waals surface area contributed by atoms with Gasteiger partial charge in [-0.3, -0.25) is 4.79 Å². The van der Waals surface area contributed by atoms with Gasteiger partial charge >= 0.3 is 0 Å². The fourth-order valence-electron chi connectivity index (χ4n) is 1.23. The molecule has 1 aromatic carbocycles. The van der Waals surface area contributed by atoms with E-state index < -0.39 is 0 Å². The van der Waals surface area contributed by atoms with Gasteiger partial charge in [0, 0.05) is 17.8 Å². The minimum Gasteiger partial charge on any atom is -0.392 e. The third-order valence-corrected chi connectivity index (χ3v) is 1.94. The van der Waals surface area contributed by atoms with Crippen LogP contribution in [0, 0.1) is 0 Å². The van der Waals surface area contributed by atoms with E-state index in [-0.39, 0.29) is 6.61 Å². The Kier molecular flexibility index (Phi) is 3.46. The lowest BCUT2D eigenvalue weighted by atomic mass is 10.2. The van der Waals surface area contributed by atoms with Crippen LogP contribution in [0.2, 0.25) is 0 Å². The third-order valence-electron chi connectivity index (χ3n) is 1.94. The zero-order chi connectivity index (χ0) is 9.68. The van der Waals surface area contributed by atoms with Crippen molar-refractivity contribution in [3.05, 3.63) is 29.8 Å². The summed E-state index contributed by atoms with van der Waals surface area (Å²) in [4.78, 5) is 12.2. The molecule has 0 heterocycles. The van der Waals surface area contributed by atoms with Gasteiger partial charge in [0.1, 0.15) is 0 Å². The Bertz CT molecular complexity index is 286. The topological polar surface area (TPSA) is 40.5 Å². The van der Waals surface area contributed by atoms with Crippen molar-refractivity contribution < 1.29 is 9.90 Å². The van der Waals surface area contributed by atoms with Gasteiger partial charge in [0.05, 0.1) is 6.61 Å². The predicted octanol–water partition coefficient (Wildman–Crippen LogP) is 1.16. The van der Waals surface area contributed by atoms with Crippen LogP contribution in [0.15, 0.2) is 24.3 Å². The number of carbonyl (C=O) groups is 1. The maximum atomic E-state index is 10.6. The van der Waals surface area contributed by atoms with Crippen LogP contribution in [0.1, 0.15) is 12.5 Å². The van der Waals surface area contributed by atoms with Gasteiger partial charge in [-0.2, -0.15) is 0 Å². The first-order chi connectivity index (χ1) is 6.33. The number of amides is 1. The fraction of sp³-hybridized carbons (Fsp3) is 0.300. The molecule has 0 spiro atoms. The van der Waals surface area contributed by atoms with E-state index in [9.17, 15) is 4.79 Å². The zero-order valence-electron chi connectivity index (χ0n) is 7.60. The smallest absolute Gasteiger partial charge is 0.214 e. The highest BCUT2D eigenvalue weighted by Gasteiger charge is 2.06. The fourth-order valence-corrected chi connectivity index (χ4v) is 1.23. The van der Waals surface area contributed by atoms with E-state index in [2.05, 4.69) is 0 Å². The van der Waals surface area contributed by atoms with Gasteiger partial charge in [0.2, 0.25) is 6.41 Å². The van der Waals surface area contributed by atoms with Gasteiger partial charge in [0.25, 0.3) is 0 Å². The minimum atomic E-state index is -0.0412. The quantitative estimate of drug-likeness (QED) is 0.704. The Morgan fingerprint density at radius 1 is 1.46 bits per heavy atom. The number of benzene rings is 1. The summed E-state index contributed by atoms with van der Waals surface area (Å²) in [5.41, 5.74) is 1.55. The summed E-state index contributed by atoms with van der Waals surface area (Å²) >= 11 is 0. The normalized spacial score (nSPS) is 9.69. The van der Waals surface area contributed by atoms with Crippen LogP contribution in [0.25, 0.3) is 0 Å². The van der Waals surface area contributed by atoms with E-state index in [0.29, 0.717) is 6.54 Å². The number of carbonyl (C=O) groups excluding carboxylic acids is 1. The molecular formula is C10H13NO2. The highest BCUT2D eigenvalue weighted by molar-refractivity contribution is 5.76. The van der Waals surface area contributed by atoms with Gasteiger partial charge in [-0.1, -0.05) is 18.2 Å². The van der Waals surface area contributed by atoms with Crippen LogP contribution < -0.4 is 4.90 Å². The van der Waals surface area contributed by atoms with Gasteiger partial charge in [-0.15, -0.1) is 0 Å². The van der Waals surface area contributed by atoms with Gasteiger partial charge in [-0.05, 0) is 13.0 Å². The number of nitrogens with zero attached hydrogens (tertiary/aromatic N) is 1. The number of rotatable bonds is 4. The van der Waals surface area contributed by atoms with Crippen molar-refractivity contribution in [3.8, 4) is 0 Å². The van der Waals surface area contributed by atoms with Crippen LogP contribution in [-0.4, -0.2) is 18.1 Å². The molecule has 3 nitrogen and oxygen atoms in total. The van der Waals surface area contributed by atoms with Crippen molar-refractivity contribution in [3.63, 3.8) is 0 Å². The van der Waals surface area contributed by atoms with Crippen LogP contribution >= 0.6 is 0 Å². The van der Waals surface area contributed by atoms with Crippen LogP contribution in [0.4, 0.5) is 5.69 Å². The molecule has 0 aliphatic carbocycles. The molecule has 0 bridgehead atoms. The number of para-hydroxylation sites is 1. The first-order valence-corrected chi connectivity index (χ1v) is 4.24. The van der Waals surface area contributed by atoms with E-state index in [1.165, 1.54) is 0 Å². The van der Waals surface area contributed by atoms with Crippen LogP contribution in [-0.2, 0) is 11.4 Å². The van der Waals surface area contributed by atoms with Crippen molar-refractivity contribution >= 4 is 12.1 Å². The summed E-state index contributed by atoms with van der Waals surface area (Å²) in [7, 11) is 0. The molecule has 13 heavy (non-hydrogen) atoms. The first kappa shape index (κ1) is 9.74. The van der Waals surface area contributed by atoms with Crippen molar-refractivity contribution in [2.24, 2.45) is 0 Å². The average Bonchev–Trinajstić information content (AvgIpc) is 2.20. The molecule has 1 N–H and O–H groups in total. The predicted molar refractivity (Wildman–Crippen MR) is 51.4 cm³/mol. The van der Waals surface area contributed by atoms with Gasteiger partial charge in [0.15, 0.2) is 0 Å². The molecule has 0 unspecified atom stereocenters.